The summed E-state index contributed by atoms with van der Waals surface area (Å²) in [7, 11) is 0. The highest BCUT2D eigenvalue weighted by Gasteiger charge is 2.47. The number of piperidine rings is 1. The highest BCUT2D eigenvalue weighted by molar-refractivity contribution is 7.17. The topological polar surface area (TPSA) is 62.3 Å². The third kappa shape index (κ3) is 2.80. The number of likely N-dealkylation sites (tertiary alicyclic amines) is 1. The fraction of sp³-hybridized carbons (Fsp3) is 0.353. The zero-order valence-electron chi connectivity index (χ0n) is 12.8. The van der Waals surface area contributed by atoms with Crippen LogP contribution >= 0.6 is 22.9 Å². The van der Waals surface area contributed by atoms with Crippen LogP contribution in [0.5, 0.6) is 0 Å². The van der Waals surface area contributed by atoms with Crippen LogP contribution in [0.15, 0.2) is 36.7 Å². The van der Waals surface area contributed by atoms with Crippen molar-refractivity contribution in [3.63, 3.8) is 0 Å². The van der Waals surface area contributed by atoms with Crippen LogP contribution in [-0.2, 0) is 0 Å². The van der Waals surface area contributed by atoms with Crippen LogP contribution in [0.1, 0.15) is 32.9 Å². The highest BCUT2D eigenvalue weighted by Crippen LogP contribution is 2.39. The van der Waals surface area contributed by atoms with Crippen molar-refractivity contribution in [1.29, 1.82) is 0 Å². The van der Waals surface area contributed by atoms with Crippen molar-refractivity contribution >= 4 is 34.8 Å². The highest BCUT2D eigenvalue weighted by atomic mass is 35.5. The molecule has 2 aromatic heterocycles. The van der Waals surface area contributed by atoms with E-state index in [0.29, 0.717) is 20.7 Å². The Morgan fingerprint density at radius 1 is 1.29 bits per heavy atom. The van der Waals surface area contributed by atoms with Crippen LogP contribution in [0.3, 0.4) is 0 Å². The number of thiophene rings is 1. The van der Waals surface area contributed by atoms with E-state index in [1.165, 1.54) is 11.3 Å². The minimum absolute atomic E-state index is 0.00385. The molecule has 0 radical (unpaired) electrons. The molecular formula is C17H16ClN3O2S. The van der Waals surface area contributed by atoms with Gasteiger partial charge in [-0.3, -0.25) is 14.6 Å². The summed E-state index contributed by atoms with van der Waals surface area (Å²) in [5, 5.41) is 3.07. The Kier molecular flexibility index (Phi) is 4.02. The van der Waals surface area contributed by atoms with Gasteiger partial charge in [0.05, 0.1) is 20.8 Å². The Labute approximate surface area is 148 Å². The van der Waals surface area contributed by atoms with Gasteiger partial charge in [-0.25, -0.2) is 0 Å². The van der Waals surface area contributed by atoms with Crippen molar-refractivity contribution in [3.05, 3.63) is 51.4 Å². The van der Waals surface area contributed by atoms with Crippen molar-refractivity contribution in [3.8, 4) is 0 Å². The first-order valence-electron chi connectivity index (χ1n) is 7.89. The van der Waals surface area contributed by atoms with Gasteiger partial charge in [-0.2, -0.15) is 0 Å². The minimum Gasteiger partial charge on any atom is -0.347 e. The monoisotopic (exact) mass is 361 g/mol. The van der Waals surface area contributed by atoms with E-state index >= 15 is 0 Å². The van der Waals surface area contributed by atoms with Crippen molar-refractivity contribution in [2.45, 2.75) is 24.9 Å². The van der Waals surface area contributed by atoms with Gasteiger partial charge in [0, 0.05) is 25.0 Å². The predicted molar refractivity (Wildman–Crippen MR) is 92.4 cm³/mol. The van der Waals surface area contributed by atoms with Gasteiger partial charge in [0.2, 0.25) is 0 Å². The second-order valence-corrected chi connectivity index (χ2v) is 8.00. The molecule has 3 unspecified atom stereocenters. The molecule has 2 amide bonds. The average Bonchev–Trinajstić information content (AvgIpc) is 3.30. The molecule has 1 aliphatic heterocycles. The second-order valence-electron chi connectivity index (χ2n) is 6.29. The van der Waals surface area contributed by atoms with Gasteiger partial charge in [-0.05, 0) is 43.0 Å². The molecule has 3 heterocycles. The lowest BCUT2D eigenvalue weighted by atomic mass is 10.0. The Hall–Kier alpha value is -1.92. The van der Waals surface area contributed by atoms with E-state index in [1.807, 2.05) is 4.90 Å². The smallest absolute Gasteiger partial charge is 0.264 e. The first kappa shape index (κ1) is 15.6. The van der Waals surface area contributed by atoms with E-state index in [0.717, 1.165) is 19.4 Å². The number of hydrogen-bond acceptors (Lipinski definition) is 4. The van der Waals surface area contributed by atoms with Crippen molar-refractivity contribution in [2.24, 2.45) is 5.92 Å². The van der Waals surface area contributed by atoms with Crippen LogP contribution in [0.25, 0.3) is 0 Å². The minimum atomic E-state index is -0.132. The summed E-state index contributed by atoms with van der Waals surface area (Å²) in [4.78, 5) is 31.6. The standard InChI is InChI=1S/C17H16ClN3O2S/c18-15-4-3-14(24-15)17(23)21-9-10-6-12(13(21)7-10)20-16(22)11-2-1-5-19-8-11/h1-5,8,10,12-13H,6-7,9H2,(H,20,22). The number of nitrogens with one attached hydrogen (secondary N) is 1. The van der Waals surface area contributed by atoms with E-state index in [1.54, 1.807) is 36.7 Å². The number of amides is 2. The molecule has 7 heteroatoms. The number of hydrogen-bond donors (Lipinski definition) is 1. The van der Waals surface area contributed by atoms with E-state index in [9.17, 15) is 9.59 Å². The quantitative estimate of drug-likeness (QED) is 0.914. The number of halogens is 1. The van der Waals surface area contributed by atoms with Crippen LogP contribution in [0.2, 0.25) is 4.34 Å². The number of fused-ring (bicyclic) bond motifs is 2. The molecule has 2 bridgehead atoms. The van der Waals surface area contributed by atoms with E-state index < -0.39 is 0 Å². The summed E-state index contributed by atoms with van der Waals surface area (Å²) in [6.45, 7) is 0.762. The molecule has 0 aromatic carbocycles. The van der Waals surface area contributed by atoms with Gasteiger partial charge in [0.25, 0.3) is 11.8 Å². The van der Waals surface area contributed by atoms with Gasteiger partial charge < -0.3 is 10.2 Å². The average molecular weight is 362 g/mol. The Morgan fingerprint density at radius 2 is 2.17 bits per heavy atom. The van der Waals surface area contributed by atoms with Gasteiger partial charge in [0.1, 0.15) is 0 Å². The summed E-state index contributed by atoms with van der Waals surface area (Å²) < 4.78 is 0.615. The zero-order chi connectivity index (χ0) is 16.7. The van der Waals surface area contributed by atoms with Crippen LogP contribution in [0.4, 0.5) is 0 Å². The number of carbonyl (C=O) groups excluding carboxylic acids is 2. The molecular weight excluding hydrogens is 346 g/mol. The first-order valence-corrected chi connectivity index (χ1v) is 9.08. The summed E-state index contributed by atoms with van der Waals surface area (Å²) in [5.74, 6) is 0.334. The fourth-order valence-electron chi connectivity index (χ4n) is 3.73. The second kappa shape index (κ2) is 6.18. The lowest BCUT2D eigenvalue weighted by molar-refractivity contribution is 0.0653. The number of pyridine rings is 1. The SMILES string of the molecule is O=C(NC1CC2CC1N(C(=O)c1ccc(Cl)s1)C2)c1cccnc1. The summed E-state index contributed by atoms with van der Waals surface area (Å²) in [6, 6.07) is 7.05. The maximum absolute atomic E-state index is 12.7. The molecule has 2 aliphatic rings. The fourth-order valence-corrected chi connectivity index (χ4v) is 4.73. The van der Waals surface area contributed by atoms with Crippen LogP contribution in [0, 0.1) is 5.92 Å². The number of aromatic nitrogens is 1. The number of rotatable bonds is 3. The maximum Gasteiger partial charge on any atom is 0.264 e. The molecule has 124 valence electrons. The summed E-state index contributed by atoms with van der Waals surface area (Å²) in [6.07, 6.45) is 5.06. The molecule has 3 atom stereocenters. The number of carbonyl (C=O) groups is 2. The molecule has 1 saturated carbocycles. The largest absolute Gasteiger partial charge is 0.347 e. The lowest BCUT2D eigenvalue weighted by Gasteiger charge is -2.33. The van der Waals surface area contributed by atoms with Crippen molar-refractivity contribution in [2.75, 3.05) is 6.54 Å². The summed E-state index contributed by atoms with van der Waals surface area (Å²) in [5.41, 5.74) is 0.545. The van der Waals surface area contributed by atoms with Crippen molar-refractivity contribution < 1.29 is 9.59 Å². The zero-order valence-corrected chi connectivity index (χ0v) is 14.4. The summed E-state index contributed by atoms with van der Waals surface area (Å²) >= 11 is 7.24. The van der Waals surface area contributed by atoms with E-state index in [2.05, 4.69) is 10.3 Å². The molecule has 4 rings (SSSR count). The van der Waals surface area contributed by atoms with Crippen LogP contribution < -0.4 is 5.32 Å². The maximum atomic E-state index is 12.7. The molecule has 1 aliphatic carbocycles. The van der Waals surface area contributed by atoms with Gasteiger partial charge >= 0.3 is 0 Å². The number of nitrogens with zero attached hydrogens (tertiary/aromatic N) is 2. The van der Waals surface area contributed by atoms with Gasteiger partial charge in [-0.1, -0.05) is 11.6 Å². The Bertz CT molecular complexity index is 779. The molecule has 1 saturated heterocycles. The normalized spacial score (nSPS) is 25.0. The Morgan fingerprint density at radius 3 is 2.83 bits per heavy atom. The molecule has 2 fully saturated rings. The first-order chi connectivity index (χ1) is 11.6. The van der Waals surface area contributed by atoms with Crippen molar-refractivity contribution in [1.82, 2.24) is 15.2 Å². The van der Waals surface area contributed by atoms with Gasteiger partial charge in [0.15, 0.2) is 0 Å². The third-order valence-corrected chi connectivity index (χ3v) is 5.99. The van der Waals surface area contributed by atoms with Gasteiger partial charge in [-0.15, -0.1) is 11.3 Å². The van der Waals surface area contributed by atoms with E-state index in [-0.39, 0.29) is 23.9 Å². The molecule has 5 nitrogen and oxygen atoms in total. The lowest BCUT2D eigenvalue weighted by Crippen LogP contribution is -2.51. The molecule has 2 aromatic rings. The third-order valence-electron chi connectivity index (χ3n) is 4.77. The molecule has 0 spiro atoms. The Balaban J connectivity index is 1.47. The van der Waals surface area contributed by atoms with Crippen LogP contribution in [-0.4, -0.2) is 40.3 Å². The molecule has 24 heavy (non-hydrogen) atoms. The van der Waals surface area contributed by atoms with E-state index in [4.69, 9.17) is 11.6 Å². The molecule has 1 N–H and O–H groups in total. The predicted octanol–water partition coefficient (Wildman–Crippen LogP) is 2.83.